The highest BCUT2D eigenvalue weighted by Gasteiger charge is 2.25. The van der Waals surface area contributed by atoms with Crippen molar-refractivity contribution in [1.29, 1.82) is 0 Å². The third-order valence-electron chi connectivity index (χ3n) is 8.91. The largest absolute Gasteiger partial charge is 0.481 e. The Morgan fingerprint density at radius 1 is 0.367 bits per heavy atom. The average Bonchev–Trinajstić information content (AvgIpc) is 3.16. The molecule has 0 unspecified atom stereocenters. The zero-order chi connectivity index (χ0) is 43.3. The van der Waals surface area contributed by atoms with E-state index >= 15 is 0 Å². The summed E-state index contributed by atoms with van der Waals surface area (Å²) in [5, 5.41) is 0. The second-order valence-corrected chi connectivity index (χ2v) is 17.0. The molecule has 0 fully saturated rings. The summed E-state index contributed by atoms with van der Waals surface area (Å²) < 4.78 is 49.2. The van der Waals surface area contributed by atoms with E-state index in [9.17, 15) is 19.2 Å². The number of carbonyl (C=O) groups excluding carboxylic acids is 4. The maximum atomic E-state index is 12.7. The van der Waals surface area contributed by atoms with Crippen molar-refractivity contribution in [3.8, 4) is 23.0 Å². The lowest BCUT2D eigenvalue weighted by atomic mass is 9.91. The Kier molecular flexibility index (Phi) is 17.7. The summed E-state index contributed by atoms with van der Waals surface area (Å²) in [7, 11) is 0. The first-order valence-electron chi connectivity index (χ1n) is 19.2. The summed E-state index contributed by atoms with van der Waals surface area (Å²) in [5.74, 6) is -0.455. The molecule has 5 rings (SSSR count). The molecule has 0 spiro atoms. The Morgan fingerprint density at radius 3 is 0.683 bits per heavy atom. The maximum absolute atomic E-state index is 12.7. The van der Waals surface area contributed by atoms with Crippen molar-refractivity contribution in [3.05, 3.63) is 111 Å². The van der Waals surface area contributed by atoms with Gasteiger partial charge in [0, 0.05) is 88.1 Å². The van der Waals surface area contributed by atoms with Gasteiger partial charge in [0.05, 0.1) is 26.4 Å². The topological polar surface area (TPSA) is 142 Å². The molecule has 4 aromatic carbocycles. The fraction of sp³-hybridized carbons (Fsp3) is 0.364. The van der Waals surface area contributed by atoms with E-state index in [2.05, 4.69) is 63.7 Å². The molecule has 1 aliphatic rings. The van der Waals surface area contributed by atoms with E-state index in [1.165, 1.54) is 0 Å². The molecular formula is C44H44Br4O12. The van der Waals surface area contributed by atoms with Crippen LogP contribution in [0.1, 0.15) is 72.2 Å². The van der Waals surface area contributed by atoms with E-state index in [-0.39, 0.29) is 78.5 Å². The first-order valence-corrected chi connectivity index (χ1v) is 22.4. The highest BCUT2D eigenvalue weighted by molar-refractivity contribution is 9.11. The number of halogens is 4. The molecule has 0 radical (unpaired) electrons. The van der Waals surface area contributed by atoms with Crippen molar-refractivity contribution in [2.24, 2.45) is 0 Å². The summed E-state index contributed by atoms with van der Waals surface area (Å²) in [6, 6.07) is 15.2. The van der Waals surface area contributed by atoms with Crippen molar-refractivity contribution in [2.75, 3.05) is 52.9 Å². The molecule has 0 saturated heterocycles. The van der Waals surface area contributed by atoms with E-state index in [0.717, 1.165) is 17.9 Å². The van der Waals surface area contributed by atoms with Crippen LogP contribution in [0.25, 0.3) is 0 Å². The Balaban J connectivity index is 1.82. The van der Waals surface area contributed by atoms with Gasteiger partial charge in [-0.15, -0.1) is 0 Å². The van der Waals surface area contributed by atoms with E-state index < -0.39 is 23.9 Å². The lowest BCUT2D eigenvalue weighted by Crippen LogP contribution is -2.18. The van der Waals surface area contributed by atoms with Crippen LogP contribution in [0, 0.1) is 0 Å². The van der Waals surface area contributed by atoms with Crippen molar-refractivity contribution < 1.29 is 57.1 Å². The van der Waals surface area contributed by atoms with E-state index in [0.29, 0.717) is 67.5 Å². The van der Waals surface area contributed by atoms with E-state index in [1.54, 1.807) is 27.7 Å². The van der Waals surface area contributed by atoms with Crippen molar-refractivity contribution in [2.45, 2.75) is 53.4 Å². The molecule has 320 valence electrons. The van der Waals surface area contributed by atoms with Gasteiger partial charge in [0.25, 0.3) is 0 Å². The number of hydrogen-bond acceptors (Lipinski definition) is 12. The van der Waals surface area contributed by atoms with E-state index in [1.807, 2.05) is 48.5 Å². The molecule has 12 nitrogen and oxygen atoms in total. The molecule has 8 bridgehead atoms. The lowest BCUT2D eigenvalue weighted by Gasteiger charge is -2.23. The van der Waals surface area contributed by atoms with Gasteiger partial charge in [0.15, 0.2) is 26.4 Å². The monoisotopic (exact) mass is 1080 g/mol. The number of fused-ring (bicyclic) bond motifs is 8. The average molecular weight is 1080 g/mol. The van der Waals surface area contributed by atoms with Crippen LogP contribution in [0.3, 0.4) is 0 Å². The smallest absolute Gasteiger partial charge is 0.344 e. The zero-order valence-electron chi connectivity index (χ0n) is 33.5. The van der Waals surface area contributed by atoms with Crippen LogP contribution in [0.15, 0.2) is 66.4 Å². The quantitative estimate of drug-likeness (QED) is 0.0687. The van der Waals surface area contributed by atoms with Crippen LogP contribution in [0.2, 0.25) is 0 Å². The van der Waals surface area contributed by atoms with Gasteiger partial charge >= 0.3 is 23.9 Å². The first kappa shape index (κ1) is 46.9. The summed E-state index contributed by atoms with van der Waals surface area (Å²) in [5.41, 5.74) is 5.51. The fourth-order valence-corrected chi connectivity index (χ4v) is 9.01. The van der Waals surface area contributed by atoms with Crippen LogP contribution < -0.4 is 18.9 Å². The molecule has 60 heavy (non-hydrogen) atoms. The second-order valence-electron chi connectivity index (χ2n) is 13.3. The summed E-state index contributed by atoms with van der Waals surface area (Å²) in [6.07, 6.45) is 0.893. The number of benzene rings is 4. The van der Waals surface area contributed by atoms with Gasteiger partial charge in [0.2, 0.25) is 0 Å². The molecule has 0 heterocycles. The minimum absolute atomic E-state index is 0.181. The third-order valence-corrected chi connectivity index (χ3v) is 10.7. The molecule has 0 saturated carbocycles. The molecule has 1 aliphatic carbocycles. The number of carbonyl (C=O) groups is 4. The van der Waals surface area contributed by atoms with Crippen LogP contribution in [-0.4, -0.2) is 76.7 Å². The van der Waals surface area contributed by atoms with Gasteiger partial charge in [0.1, 0.15) is 23.0 Å². The number of ether oxygens (including phenoxy) is 8. The van der Waals surface area contributed by atoms with Crippen LogP contribution in [0.5, 0.6) is 23.0 Å². The number of rotatable bonds is 16. The fourth-order valence-electron chi connectivity index (χ4n) is 6.80. The highest BCUT2D eigenvalue weighted by Crippen LogP contribution is 2.42. The van der Waals surface area contributed by atoms with E-state index in [4.69, 9.17) is 37.9 Å². The highest BCUT2D eigenvalue weighted by atomic mass is 79.9. The Hall–Kier alpha value is -4.12. The molecule has 0 atom stereocenters. The van der Waals surface area contributed by atoms with Crippen molar-refractivity contribution >= 4 is 87.6 Å². The van der Waals surface area contributed by atoms with Gasteiger partial charge in [-0.1, -0.05) is 63.7 Å². The minimum atomic E-state index is -0.542. The molecule has 16 heteroatoms. The third kappa shape index (κ3) is 12.9. The first-order chi connectivity index (χ1) is 28.8. The van der Waals surface area contributed by atoms with Gasteiger partial charge < -0.3 is 37.9 Å². The molecule has 0 N–H and O–H groups in total. The summed E-state index contributed by atoms with van der Waals surface area (Å²) >= 11 is 14.9. The lowest BCUT2D eigenvalue weighted by molar-refractivity contribution is -0.146. The SMILES string of the molecule is CCOC(=O)COc1c2cc(Br)cc1Cc1cc(Br)cc(c1OCC(=O)OCC)Cc1cc(Br)cc(c1OCC(=O)OCC)Cc1cc(Br)cc(c1OCC(=O)OCC)C2. The Labute approximate surface area is 382 Å². The summed E-state index contributed by atoms with van der Waals surface area (Å²) in [6.45, 7) is 6.16. The van der Waals surface area contributed by atoms with Crippen molar-refractivity contribution in [3.63, 3.8) is 0 Å². The van der Waals surface area contributed by atoms with Crippen LogP contribution in [0.4, 0.5) is 0 Å². The van der Waals surface area contributed by atoms with Gasteiger partial charge in [-0.2, -0.15) is 0 Å². The molecule has 0 aromatic heterocycles. The van der Waals surface area contributed by atoms with Crippen molar-refractivity contribution in [1.82, 2.24) is 0 Å². The molecule has 0 aliphatic heterocycles. The van der Waals surface area contributed by atoms with Gasteiger partial charge in [-0.05, 0) is 76.2 Å². The van der Waals surface area contributed by atoms with Crippen LogP contribution >= 0.6 is 63.7 Å². The van der Waals surface area contributed by atoms with Gasteiger partial charge in [-0.25, -0.2) is 19.2 Å². The Bertz CT molecular complexity index is 1820. The van der Waals surface area contributed by atoms with Crippen LogP contribution in [-0.2, 0) is 63.8 Å². The van der Waals surface area contributed by atoms with Gasteiger partial charge in [-0.3, -0.25) is 0 Å². The molecule has 4 aromatic rings. The molecule has 0 amide bonds. The standard InChI is InChI=1S/C44H44Br4O12/c1-5-53-37(49)21-57-41-25-9-27-15-34(46)17-29(42(27)58-22-38(50)54-6-2)11-31-19-36(48)20-32(44(31)60-24-40(52)56-8-4)12-30-18-35(47)16-28(10-26(41)14-33(45)13-25)43(30)59-23-39(51)55-7-3/h13-20H,5-12,21-24H2,1-4H3. The second kappa shape index (κ2) is 22.6. The predicted molar refractivity (Wildman–Crippen MR) is 236 cm³/mol. The number of esters is 4. The zero-order valence-corrected chi connectivity index (χ0v) is 39.9. The predicted octanol–water partition coefficient (Wildman–Crippen LogP) is 9.18. The normalized spacial score (nSPS) is 11.9. The summed E-state index contributed by atoms with van der Waals surface area (Å²) in [4.78, 5) is 51.0. The number of hydrogen-bond donors (Lipinski definition) is 0. The molecular weight excluding hydrogens is 1040 g/mol. The maximum Gasteiger partial charge on any atom is 0.344 e. The minimum Gasteiger partial charge on any atom is -0.481 e. The Morgan fingerprint density at radius 2 is 0.533 bits per heavy atom.